The van der Waals surface area contributed by atoms with Gasteiger partial charge in [0.25, 0.3) is 0 Å². The van der Waals surface area contributed by atoms with Crippen LogP contribution >= 0.6 is 8.60 Å². The van der Waals surface area contributed by atoms with Crippen molar-refractivity contribution in [2.24, 2.45) is 0 Å². The maximum Gasteiger partial charge on any atom is 0.327 e. The Bertz CT molecular complexity index is 34.1. The van der Waals surface area contributed by atoms with Gasteiger partial charge < -0.3 is 14.3 Å². The molecule has 0 atom stereocenters. The summed E-state index contributed by atoms with van der Waals surface area (Å²) in [5, 5.41) is 0. The molecule has 0 unspecified atom stereocenters. The van der Waals surface area contributed by atoms with Gasteiger partial charge in [-0.05, 0) is 6.92 Å². The minimum absolute atomic E-state index is 0. The topological polar surface area (TPSA) is 49.7 Å². The molecule has 2 N–H and O–H groups in total. The van der Waals surface area contributed by atoms with Gasteiger partial charge in [-0.1, -0.05) is 0 Å². The number of rotatable bonds is 2. The molecular weight excluding hydrogens is 126 g/mol. The van der Waals surface area contributed by atoms with E-state index in [-0.39, 0.29) is 29.6 Å². The molecule has 0 fully saturated rings. The molecular formula is C2H7NaO3P. The molecule has 39 valence electrons. The van der Waals surface area contributed by atoms with Crippen molar-refractivity contribution in [2.45, 2.75) is 6.92 Å². The second-order valence-electron chi connectivity index (χ2n) is 0.671. The molecule has 0 saturated carbocycles. The first-order chi connectivity index (χ1) is 2.77. The van der Waals surface area contributed by atoms with Crippen molar-refractivity contribution in [1.29, 1.82) is 0 Å². The zero-order valence-corrected chi connectivity index (χ0v) is 7.35. The standard InChI is InChI=1S/C2H7O3P.Na/c1-2-5-6(3)4;/h3-4H,2H2,1H3;. The average Bonchev–Trinajstić information content (AvgIpc) is 1.35. The van der Waals surface area contributed by atoms with Crippen molar-refractivity contribution in [3.05, 3.63) is 0 Å². The van der Waals surface area contributed by atoms with Crippen LogP contribution in [0.2, 0.25) is 0 Å². The van der Waals surface area contributed by atoms with Crippen LogP contribution in [0.25, 0.3) is 0 Å². The summed E-state index contributed by atoms with van der Waals surface area (Å²) >= 11 is 0. The van der Waals surface area contributed by atoms with Gasteiger partial charge in [0.2, 0.25) is 0 Å². The van der Waals surface area contributed by atoms with Gasteiger partial charge in [-0.2, -0.15) is 0 Å². The predicted octanol–water partition coefficient (Wildman–Crippen LogP) is -0.146. The summed E-state index contributed by atoms with van der Waals surface area (Å²) in [7, 11) is -2.10. The molecule has 0 spiro atoms. The fourth-order valence-corrected chi connectivity index (χ4v) is 0.346. The van der Waals surface area contributed by atoms with E-state index < -0.39 is 8.60 Å². The molecule has 0 aliphatic carbocycles. The Hall–Kier alpha value is 1.31. The van der Waals surface area contributed by atoms with E-state index in [4.69, 9.17) is 9.79 Å². The molecule has 7 heavy (non-hydrogen) atoms. The minimum Gasteiger partial charge on any atom is -0.328 e. The van der Waals surface area contributed by atoms with Gasteiger partial charge in [0, 0.05) is 29.6 Å². The summed E-state index contributed by atoms with van der Waals surface area (Å²) in [6.45, 7) is 2.06. The van der Waals surface area contributed by atoms with Crippen molar-refractivity contribution in [3.8, 4) is 0 Å². The molecule has 0 aromatic heterocycles. The van der Waals surface area contributed by atoms with Gasteiger partial charge in [-0.3, -0.25) is 0 Å². The van der Waals surface area contributed by atoms with Crippen LogP contribution in [0.5, 0.6) is 0 Å². The van der Waals surface area contributed by atoms with Crippen LogP contribution in [0.1, 0.15) is 6.92 Å². The van der Waals surface area contributed by atoms with E-state index in [1.807, 2.05) is 0 Å². The third-order valence-electron chi connectivity index (χ3n) is 0.245. The van der Waals surface area contributed by atoms with Crippen LogP contribution in [0.15, 0.2) is 0 Å². The maximum atomic E-state index is 7.95. The minimum atomic E-state index is -2.10. The van der Waals surface area contributed by atoms with Gasteiger partial charge in [-0.15, -0.1) is 0 Å². The Kier molecular flexibility index (Phi) is 11.6. The maximum absolute atomic E-state index is 7.95. The van der Waals surface area contributed by atoms with E-state index in [9.17, 15) is 0 Å². The Morgan fingerprint density at radius 3 is 2.00 bits per heavy atom. The zero-order chi connectivity index (χ0) is 4.99. The summed E-state index contributed by atoms with van der Waals surface area (Å²) in [5.41, 5.74) is 0. The quantitative estimate of drug-likeness (QED) is 0.407. The van der Waals surface area contributed by atoms with Crippen molar-refractivity contribution < 1.29 is 14.3 Å². The third kappa shape index (κ3) is 11.1. The van der Waals surface area contributed by atoms with E-state index >= 15 is 0 Å². The Morgan fingerprint density at radius 1 is 1.57 bits per heavy atom. The summed E-state index contributed by atoms with van der Waals surface area (Å²) in [6, 6.07) is 0. The summed E-state index contributed by atoms with van der Waals surface area (Å²) in [6.07, 6.45) is 0. The van der Waals surface area contributed by atoms with Gasteiger partial charge >= 0.3 is 8.60 Å². The normalized spacial score (nSPS) is 8.57. The van der Waals surface area contributed by atoms with E-state index in [1.165, 1.54) is 0 Å². The molecule has 3 nitrogen and oxygen atoms in total. The van der Waals surface area contributed by atoms with Gasteiger partial charge in [0.15, 0.2) is 0 Å². The molecule has 0 rings (SSSR count). The van der Waals surface area contributed by atoms with Crippen LogP contribution in [0.4, 0.5) is 0 Å². The van der Waals surface area contributed by atoms with Gasteiger partial charge in [0.05, 0.1) is 6.61 Å². The van der Waals surface area contributed by atoms with E-state index in [0.29, 0.717) is 6.61 Å². The second-order valence-corrected chi connectivity index (χ2v) is 1.43. The van der Waals surface area contributed by atoms with Crippen LogP contribution in [0, 0.1) is 0 Å². The van der Waals surface area contributed by atoms with Gasteiger partial charge in [-0.25, -0.2) is 0 Å². The molecule has 0 aliphatic heterocycles. The smallest absolute Gasteiger partial charge is 0.327 e. The van der Waals surface area contributed by atoms with Crippen LogP contribution < -0.4 is 0 Å². The Labute approximate surface area is 66.0 Å². The van der Waals surface area contributed by atoms with Crippen molar-refractivity contribution >= 4 is 38.2 Å². The van der Waals surface area contributed by atoms with E-state index in [0.717, 1.165) is 0 Å². The van der Waals surface area contributed by atoms with Crippen LogP contribution in [-0.4, -0.2) is 46.0 Å². The fourth-order valence-electron chi connectivity index (χ4n) is 0.115. The van der Waals surface area contributed by atoms with Crippen LogP contribution in [0.3, 0.4) is 0 Å². The predicted molar refractivity (Wildman–Crippen MR) is 28.7 cm³/mol. The van der Waals surface area contributed by atoms with Crippen LogP contribution in [-0.2, 0) is 4.52 Å². The second kappa shape index (κ2) is 7.31. The van der Waals surface area contributed by atoms with Gasteiger partial charge in [0.1, 0.15) is 0 Å². The average molecular weight is 133 g/mol. The summed E-state index contributed by atoms with van der Waals surface area (Å²) in [4.78, 5) is 15.9. The molecule has 0 aromatic rings. The monoisotopic (exact) mass is 133 g/mol. The first-order valence-electron chi connectivity index (χ1n) is 1.58. The summed E-state index contributed by atoms with van der Waals surface area (Å²) in [5.74, 6) is 0. The molecule has 0 amide bonds. The van der Waals surface area contributed by atoms with E-state index in [2.05, 4.69) is 4.52 Å². The number of hydrogen-bond acceptors (Lipinski definition) is 3. The summed E-state index contributed by atoms with van der Waals surface area (Å²) < 4.78 is 4.22. The first kappa shape index (κ1) is 11.2. The number of hydrogen-bond donors (Lipinski definition) is 2. The molecule has 0 heterocycles. The third-order valence-corrected chi connectivity index (χ3v) is 0.734. The fraction of sp³-hybridized carbons (Fsp3) is 1.00. The SMILES string of the molecule is CCOP(O)O.[Na]. The molecule has 0 aliphatic rings. The van der Waals surface area contributed by atoms with Crippen molar-refractivity contribution in [3.63, 3.8) is 0 Å². The molecule has 0 aromatic carbocycles. The van der Waals surface area contributed by atoms with Crippen molar-refractivity contribution in [2.75, 3.05) is 6.61 Å². The van der Waals surface area contributed by atoms with E-state index in [1.54, 1.807) is 6.92 Å². The van der Waals surface area contributed by atoms with Crippen molar-refractivity contribution in [1.82, 2.24) is 0 Å². The molecule has 1 radical (unpaired) electrons. The molecule has 0 saturated heterocycles. The first-order valence-corrected chi connectivity index (χ1v) is 2.74. The Balaban J connectivity index is 0. The zero-order valence-electron chi connectivity index (χ0n) is 4.46. The molecule has 0 bridgehead atoms. The largest absolute Gasteiger partial charge is 0.328 e. The molecule has 5 heteroatoms. The Morgan fingerprint density at radius 2 is 2.00 bits per heavy atom.